The van der Waals surface area contributed by atoms with Crippen molar-refractivity contribution in [2.24, 2.45) is 11.7 Å². The van der Waals surface area contributed by atoms with Crippen LogP contribution >= 0.6 is 0 Å². The Bertz CT molecular complexity index is 383. The van der Waals surface area contributed by atoms with E-state index in [1.54, 1.807) is 7.11 Å². The highest BCUT2D eigenvalue weighted by molar-refractivity contribution is 5.38. The van der Waals surface area contributed by atoms with Gasteiger partial charge in [-0.15, -0.1) is 0 Å². The molecule has 0 amide bonds. The Labute approximate surface area is 111 Å². The van der Waals surface area contributed by atoms with Crippen LogP contribution in [0.3, 0.4) is 0 Å². The first-order chi connectivity index (χ1) is 8.76. The second-order valence-corrected chi connectivity index (χ2v) is 5.47. The third-order valence-electron chi connectivity index (χ3n) is 4.32. The van der Waals surface area contributed by atoms with Crippen LogP contribution in [0, 0.1) is 12.8 Å². The van der Waals surface area contributed by atoms with Gasteiger partial charge in [-0.3, -0.25) is 0 Å². The maximum Gasteiger partial charge on any atom is 0.121 e. The van der Waals surface area contributed by atoms with Gasteiger partial charge < -0.3 is 10.5 Å². The highest BCUT2D eigenvalue weighted by Crippen LogP contribution is 2.36. The Kier molecular flexibility index (Phi) is 4.65. The maximum absolute atomic E-state index is 6.03. The van der Waals surface area contributed by atoms with Crippen molar-refractivity contribution >= 4 is 0 Å². The molecule has 1 saturated carbocycles. The van der Waals surface area contributed by atoms with Crippen molar-refractivity contribution in [1.82, 2.24) is 0 Å². The Hall–Kier alpha value is -1.02. The summed E-state index contributed by atoms with van der Waals surface area (Å²) in [6, 6.07) is 6.53. The molecule has 0 aliphatic heterocycles. The minimum absolute atomic E-state index is 0.523. The molecule has 2 nitrogen and oxygen atoms in total. The van der Waals surface area contributed by atoms with Crippen LogP contribution in [0.2, 0.25) is 0 Å². The lowest BCUT2D eigenvalue weighted by Crippen LogP contribution is -2.23. The number of methoxy groups -OCH3 is 1. The Morgan fingerprint density at radius 3 is 2.56 bits per heavy atom. The summed E-state index contributed by atoms with van der Waals surface area (Å²) in [5.74, 6) is 2.27. The van der Waals surface area contributed by atoms with Crippen LogP contribution in [0.4, 0.5) is 0 Å². The van der Waals surface area contributed by atoms with Crippen LogP contribution in [0.15, 0.2) is 18.2 Å². The number of nitrogens with two attached hydrogens (primary N) is 1. The van der Waals surface area contributed by atoms with E-state index in [1.165, 1.54) is 43.2 Å². The van der Waals surface area contributed by atoms with Crippen LogP contribution < -0.4 is 10.5 Å². The van der Waals surface area contributed by atoms with E-state index in [9.17, 15) is 0 Å². The number of hydrogen-bond donors (Lipinski definition) is 1. The first-order valence-corrected chi connectivity index (χ1v) is 7.11. The molecule has 0 saturated heterocycles. The zero-order valence-electron chi connectivity index (χ0n) is 11.6. The van der Waals surface area contributed by atoms with Gasteiger partial charge in [-0.2, -0.15) is 0 Å². The highest BCUT2D eigenvalue weighted by Gasteiger charge is 2.24. The van der Waals surface area contributed by atoms with E-state index in [2.05, 4.69) is 25.1 Å². The summed E-state index contributed by atoms with van der Waals surface area (Å²) in [5, 5.41) is 0. The predicted molar refractivity (Wildman–Crippen MR) is 76.1 cm³/mol. The number of benzene rings is 1. The number of rotatable bonds is 4. The quantitative estimate of drug-likeness (QED) is 0.882. The standard InChI is InChI=1S/C16H25NO/c1-12-10-14(8-9-16(12)18-2)15(11-17)13-6-4-3-5-7-13/h8-10,13,15H,3-7,11,17H2,1-2H3. The molecule has 0 bridgehead atoms. The zero-order chi connectivity index (χ0) is 13.0. The van der Waals surface area contributed by atoms with Crippen molar-refractivity contribution < 1.29 is 4.74 Å². The molecule has 2 heteroatoms. The van der Waals surface area contributed by atoms with Gasteiger partial charge in [0.05, 0.1) is 7.11 Å². The van der Waals surface area contributed by atoms with Crippen LogP contribution in [-0.2, 0) is 0 Å². The molecule has 2 rings (SSSR count). The summed E-state index contributed by atoms with van der Waals surface area (Å²) in [4.78, 5) is 0. The molecule has 0 spiro atoms. The van der Waals surface area contributed by atoms with E-state index < -0.39 is 0 Å². The summed E-state index contributed by atoms with van der Waals surface area (Å²) in [6.07, 6.45) is 6.82. The summed E-state index contributed by atoms with van der Waals surface area (Å²) >= 11 is 0. The van der Waals surface area contributed by atoms with Crippen molar-refractivity contribution in [2.75, 3.05) is 13.7 Å². The second kappa shape index (κ2) is 6.24. The zero-order valence-corrected chi connectivity index (χ0v) is 11.6. The lowest BCUT2D eigenvalue weighted by atomic mass is 9.76. The molecule has 100 valence electrons. The van der Waals surface area contributed by atoms with E-state index >= 15 is 0 Å². The molecule has 1 aromatic carbocycles. The van der Waals surface area contributed by atoms with Crippen LogP contribution in [0.25, 0.3) is 0 Å². The SMILES string of the molecule is COc1ccc(C(CN)C2CCCCC2)cc1C. The van der Waals surface area contributed by atoms with Crippen molar-refractivity contribution in [3.8, 4) is 5.75 Å². The predicted octanol–water partition coefficient (Wildman–Crippen LogP) is 3.63. The lowest BCUT2D eigenvalue weighted by Gasteiger charge is -2.30. The van der Waals surface area contributed by atoms with Gasteiger partial charge in [0.1, 0.15) is 5.75 Å². The molecule has 18 heavy (non-hydrogen) atoms. The molecular formula is C16H25NO. The molecule has 2 N–H and O–H groups in total. The molecule has 1 aromatic rings. The molecule has 0 heterocycles. The Morgan fingerprint density at radius 1 is 1.28 bits per heavy atom. The molecule has 1 atom stereocenters. The lowest BCUT2D eigenvalue weighted by molar-refractivity contribution is 0.307. The van der Waals surface area contributed by atoms with Crippen molar-refractivity contribution in [3.05, 3.63) is 29.3 Å². The smallest absolute Gasteiger partial charge is 0.121 e. The average molecular weight is 247 g/mol. The maximum atomic E-state index is 6.03. The fourth-order valence-corrected chi connectivity index (χ4v) is 3.27. The van der Waals surface area contributed by atoms with Crippen molar-refractivity contribution in [3.63, 3.8) is 0 Å². The van der Waals surface area contributed by atoms with E-state index in [-0.39, 0.29) is 0 Å². The van der Waals surface area contributed by atoms with Crippen LogP contribution in [0.5, 0.6) is 5.75 Å². The van der Waals surface area contributed by atoms with Gasteiger partial charge in [0.2, 0.25) is 0 Å². The molecule has 1 fully saturated rings. The molecule has 1 unspecified atom stereocenters. The molecular weight excluding hydrogens is 222 g/mol. The number of hydrogen-bond acceptors (Lipinski definition) is 2. The first kappa shape index (κ1) is 13.4. The fourth-order valence-electron chi connectivity index (χ4n) is 3.27. The third kappa shape index (κ3) is 2.86. The highest BCUT2D eigenvalue weighted by atomic mass is 16.5. The van der Waals surface area contributed by atoms with E-state index in [0.29, 0.717) is 5.92 Å². The van der Waals surface area contributed by atoms with Crippen LogP contribution in [0.1, 0.15) is 49.1 Å². The largest absolute Gasteiger partial charge is 0.496 e. The number of aryl methyl sites for hydroxylation is 1. The van der Waals surface area contributed by atoms with Crippen molar-refractivity contribution in [1.29, 1.82) is 0 Å². The monoisotopic (exact) mass is 247 g/mol. The average Bonchev–Trinajstić information content (AvgIpc) is 2.41. The van der Waals surface area contributed by atoms with Gasteiger partial charge >= 0.3 is 0 Å². The third-order valence-corrected chi connectivity index (χ3v) is 4.32. The molecule has 0 aromatic heterocycles. The number of ether oxygens (including phenoxy) is 1. The minimum atomic E-state index is 0.523. The van der Waals surface area contributed by atoms with Crippen molar-refractivity contribution in [2.45, 2.75) is 44.9 Å². The topological polar surface area (TPSA) is 35.2 Å². The van der Waals surface area contributed by atoms with Gasteiger partial charge in [0, 0.05) is 0 Å². The normalized spacial score (nSPS) is 18.6. The van der Waals surface area contributed by atoms with Gasteiger partial charge in [0.25, 0.3) is 0 Å². The Balaban J connectivity index is 2.18. The second-order valence-electron chi connectivity index (χ2n) is 5.47. The summed E-state index contributed by atoms with van der Waals surface area (Å²) in [5.41, 5.74) is 8.63. The molecule has 1 aliphatic rings. The summed E-state index contributed by atoms with van der Waals surface area (Å²) in [7, 11) is 1.73. The van der Waals surface area contributed by atoms with Gasteiger partial charge in [-0.25, -0.2) is 0 Å². The van der Waals surface area contributed by atoms with E-state index in [1.807, 2.05) is 0 Å². The first-order valence-electron chi connectivity index (χ1n) is 7.11. The Morgan fingerprint density at radius 2 is 2.00 bits per heavy atom. The fraction of sp³-hybridized carbons (Fsp3) is 0.625. The van der Waals surface area contributed by atoms with E-state index in [0.717, 1.165) is 18.2 Å². The van der Waals surface area contributed by atoms with Gasteiger partial charge in [-0.1, -0.05) is 31.4 Å². The van der Waals surface area contributed by atoms with Gasteiger partial charge in [-0.05, 0) is 55.3 Å². The molecule has 0 radical (unpaired) electrons. The van der Waals surface area contributed by atoms with Gasteiger partial charge in [0.15, 0.2) is 0 Å². The molecule has 1 aliphatic carbocycles. The minimum Gasteiger partial charge on any atom is -0.496 e. The van der Waals surface area contributed by atoms with E-state index in [4.69, 9.17) is 10.5 Å². The summed E-state index contributed by atoms with van der Waals surface area (Å²) in [6.45, 7) is 2.87. The summed E-state index contributed by atoms with van der Waals surface area (Å²) < 4.78 is 5.33. The van der Waals surface area contributed by atoms with Crippen LogP contribution in [-0.4, -0.2) is 13.7 Å².